The molecule has 3 heterocycles. The summed E-state index contributed by atoms with van der Waals surface area (Å²) in [6, 6.07) is 1.87. The molecule has 0 bridgehead atoms. The van der Waals surface area contributed by atoms with Gasteiger partial charge in [0, 0.05) is 37.5 Å². The molecule has 0 saturated carbocycles. The smallest absolute Gasteiger partial charge is 0.407 e. The zero-order valence-corrected chi connectivity index (χ0v) is 16.5. The molecule has 1 unspecified atom stereocenters. The number of carboxylic acid groups (broad SMARTS) is 1. The van der Waals surface area contributed by atoms with Crippen LogP contribution >= 0.6 is 0 Å². The first-order valence-corrected chi connectivity index (χ1v) is 9.65. The molecule has 2 atom stereocenters. The molecule has 1 amide bonds. The highest BCUT2D eigenvalue weighted by Gasteiger charge is 2.45. The number of ether oxygens (including phenoxy) is 2. The Hall–Kier alpha value is -2.08. The van der Waals surface area contributed by atoms with Crippen molar-refractivity contribution in [3.05, 3.63) is 30.6 Å². The van der Waals surface area contributed by atoms with Crippen molar-refractivity contribution in [2.75, 3.05) is 19.8 Å². The van der Waals surface area contributed by atoms with Crippen LogP contribution in [0, 0.1) is 11.3 Å². The minimum atomic E-state index is -0.861. The number of rotatable bonds is 4. The van der Waals surface area contributed by atoms with E-state index in [-0.39, 0.29) is 23.5 Å². The molecule has 2 fully saturated rings. The molecule has 0 spiro atoms. The van der Waals surface area contributed by atoms with Crippen molar-refractivity contribution in [1.29, 1.82) is 0 Å². The second kappa shape index (κ2) is 7.89. The van der Waals surface area contributed by atoms with E-state index in [9.17, 15) is 9.90 Å². The van der Waals surface area contributed by atoms with Gasteiger partial charge in [0.05, 0.1) is 19.4 Å². The van der Waals surface area contributed by atoms with Crippen LogP contribution in [0.25, 0.3) is 5.57 Å². The molecule has 27 heavy (non-hydrogen) atoms. The second-order valence-corrected chi connectivity index (χ2v) is 8.55. The average Bonchev–Trinajstić information content (AvgIpc) is 3.08. The lowest BCUT2D eigenvalue weighted by Gasteiger charge is -2.37. The summed E-state index contributed by atoms with van der Waals surface area (Å²) < 4.78 is 11.5. The molecular weight excluding hydrogens is 344 g/mol. The first-order valence-electron chi connectivity index (χ1n) is 9.65. The topological polar surface area (TPSA) is 71.9 Å². The largest absolute Gasteiger partial charge is 0.489 e. The highest BCUT2D eigenvalue weighted by molar-refractivity contribution is 5.71. The summed E-state index contributed by atoms with van der Waals surface area (Å²) in [6.45, 7) is 12.6. The van der Waals surface area contributed by atoms with Crippen molar-refractivity contribution in [3.8, 4) is 5.75 Å². The van der Waals surface area contributed by atoms with Crippen molar-refractivity contribution in [3.63, 3.8) is 0 Å². The van der Waals surface area contributed by atoms with Gasteiger partial charge in [0.1, 0.15) is 11.9 Å². The predicted octanol–water partition coefficient (Wildman–Crippen LogP) is 4.07. The predicted molar refractivity (Wildman–Crippen MR) is 104 cm³/mol. The Morgan fingerprint density at radius 1 is 1.30 bits per heavy atom. The zero-order valence-electron chi connectivity index (χ0n) is 16.5. The van der Waals surface area contributed by atoms with Gasteiger partial charge >= 0.3 is 6.09 Å². The van der Waals surface area contributed by atoms with Gasteiger partial charge in [0.2, 0.25) is 0 Å². The van der Waals surface area contributed by atoms with E-state index in [0.29, 0.717) is 6.54 Å². The molecule has 148 valence electrons. The number of likely N-dealkylation sites (tertiary alicyclic amines) is 1. The normalized spacial score (nSPS) is 24.0. The molecule has 3 rings (SSSR count). The van der Waals surface area contributed by atoms with Crippen molar-refractivity contribution in [2.24, 2.45) is 11.3 Å². The average molecular weight is 374 g/mol. The maximum atomic E-state index is 11.7. The summed E-state index contributed by atoms with van der Waals surface area (Å²) in [7, 11) is 0. The van der Waals surface area contributed by atoms with Crippen LogP contribution in [0.1, 0.15) is 45.6 Å². The van der Waals surface area contributed by atoms with Gasteiger partial charge < -0.3 is 19.5 Å². The molecule has 2 aliphatic rings. The summed E-state index contributed by atoms with van der Waals surface area (Å²) in [5.41, 5.74) is 1.68. The van der Waals surface area contributed by atoms with Gasteiger partial charge in [-0.3, -0.25) is 4.98 Å². The third kappa shape index (κ3) is 4.43. The SMILES string of the molecule is C=C(c1cncc(OC2CCOCC2)c1)C1CCN(C(=O)O)[C@H]1C(C)(C)C. The third-order valence-corrected chi connectivity index (χ3v) is 5.53. The summed E-state index contributed by atoms with van der Waals surface area (Å²) >= 11 is 0. The monoisotopic (exact) mass is 374 g/mol. The number of amides is 1. The lowest BCUT2D eigenvalue weighted by molar-refractivity contribution is 0.0254. The van der Waals surface area contributed by atoms with Crippen molar-refractivity contribution >= 4 is 11.7 Å². The fraction of sp³-hybridized carbons (Fsp3) is 0.619. The van der Waals surface area contributed by atoms with Crippen LogP contribution in [0.4, 0.5) is 4.79 Å². The Morgan fingerprint density at radius 2 is 2.00 bits per heavy atom. The molecule has 2 saturated heterocycles. The highest BCUT2D eigenvalue weighted by atomic mass is 16.5. The van der Waals surface area contributed by atoms with Gasteiger partial charge in [-0.1, -0.05) is 27.4 Å². The van der Waals surface area contributed by atoms with E-state index in [1.54, 1.807) is 17.3 Å². The Bertz CT molecular complexity index is 692. The maximum absolute atomic E-state index is 11.7. The van der Waals surface area contributed by atoms with E-state index in [2.05, 4.69) is 32.3 Å². The van der Waals surface area contributed by atoms with Crippen molar-refractivity contribution < 1.29 is 19.4 Å². The number of aromatic nitrogens is 1. The number of hydrogen-bond donors (Lipinski definition) is 1. The number of carbonyl (C=O) groups is 1. The number of nitrogens with zero attached hydrogens (tertiary/aromatic N) is 2. The van der Waals surface area contributed by atoms with Crippen LogP contribution in [0.3, 0.4) is 0 Å². The number of hydrogen-bond acceptors (Lipinski definition) is 4. The fourth-order valence-electron chi connectivity index (χ4n) is 4.30. The van der Waals surface area contributed by atoms with E-state index in [4.69, 9.17) is 9.47 Å². The first-order chi connectivity index (χ1) is 12.8. The first kappa shape index (κ1) is 19.7. The van der Waals surface area contributed by atoms with Crippen LogP contribution in [-0.4, -0.2) is 53.0 Å². The Kier molecular flexibility index (Phi) is 5.75. The lowest BCUT2D eigenvalue weighted by atomic mass is 9.75. The molecule has 0 aliphatic carbocycles. The Balaban J connectivity index is 1.78. The zero-order chi connectivity index (χ0) is 19.6. The maximum Gasteiger partial charge on any atom is 0.407 e. The van der Waals surface area contributed by atoms with Crippen LogP contribution in [0.2, 0.25) is 0 Å². The summed E-state index contributed by atoms with van der Waals surface area (Å²) in [5, 5.41) is 9.60. The van der Waals surface area contributed by atoms with E-state index in [1.807, 2.05) is 6.07 Å². The Morgan fingerprint density at radius 3 is 2.63 bits per heavy atom. The van der Waals surface area contributed by atoms with E-state index in [0.717, 1.165) is 49.4 Å². The Labute approximate surface area is 161 Å². The number of pyridine rings is 1. The molecule has 2 aliphatic heterocycles. The van der Waals surface area contributed by atoms with Crippen LogP contribution < -0.4 is 4.74 Å². The minimum absolute atomic E-state index is 0.0706. The second-order valence-electron chi connectivity index (χ2n) is 8.55. The van der Waals surface area contributed by atoms with Crippen molar-refractivity contribution in [2.45, 2.75) is 52.2 Å². The van der Waals surface area contributed by atoms with Crippen LogP contribution in [-0.2, 0) is 4.74 Å². The molecule has 0 aromatic carbocycles. The van der Waals surface area contributed by atoms with Crippen LogP contribution in [0.5, 0.6) is 5.75 Å². The standard InChI is InChI=1S/C21H30N2O4/c1-14(18-5-8-23(20(24)25)19(18)21(2,3)4)15-11-17(13-22-12-15)27-16-6-9-26-10-7-16/h11-13,16,18-19H,1,5-10H2,2-4H3,(H,24,25)/t18?,19-/m1/s1. The molecule has 6 heteroatoms. The van der Waals surface area contributed by atoms with Crippen molar-refractivity contribution in [1.82, 2.24) is 9.88 Å². The van der Waals surface area contributed by atoms with Crippen LogP contribution in [0.15, 0.2) is 25.0 Å². The molecule has 0 radical (unpaired) electrons. The molecular formula is C21H30N2O4. The lowest BCUT2D eigenvalue weighted by Crippen LogP contribution is -2.45. The van der Waals surface area contributed by atoms with Gasteiger partial charge in [0.15, 0.2) is 0 Å². The van der Waals surface area contributed by atoms with E-state index in [1.165, 1.54) is 0 Å². The van der Waals surface area contributed by atoms with Gasteiger partial charge in [-0.25, -0.2) is 4.79 Å². The van der Waals surface area contributed by atoms with Gasteiger partial charge in [-0.15, -0.1) is 0 Å². The van der Waals surface area contributed by atoms with Gasteiger partial charge in [0.25, 0.3) is 0 Å². The summed E-state index contributed by atoms with van der Waals surface area (Å²) in [6.07, 6.45) is 5.35. The molecule has 6 nitrogen and oxygen atoms in total. The molecule has 1 aromatic heterocycles. The summed E-state index contributed by atoms with van der Waals surface area (Å²) in [5.74, 6) is 0.808. The minimum Gasteiger partial charge on any atom is -0.489 e. The van der Waals surface area contributed by atoms with E-state index >= 15 is 0 Å². The van der Waals surface area contributed by atoms with Gasteiger partial charge in [-0.2, -0.15) is 0 Å². The fourth-order valence-corrected chi connectivity index (χ4v) is 4.30. The van der Waals surface area contributed by atoms with Gasteiger partial charge in [-0.05, 0) is 29.0 Å². The molecule has 1 aromatic rings. The summed E-state index contributed by atoms with van der Waals surface area (Å²) in [4.78, 5) is 17.6. The quantitative estimate of drug-likeness (QED) is 0.860. The van der Waals surface area contributed by atoms with E-state index < -0.39 is 6.09 Å². The highest BCUT2D eigenvalue weighted by Crippen LogP contribution is 2.43. The molecule has 1 N–H and O–H groups in total. The third-order valence-electron chi connectivity index (χ3n) is 5.53.